The van der Waals surface area contributed by atoms with Gasteiger partial charge in [-0.05, 0) is 48.4 Å². The molecular weight excluding hydrogens is 262 g/mol. The summed E-state index contributed by atoms with van der Waals surface area (Å²) in [6.07, 6.45) is 4.21. The molecule has 3 nitrogen and oxygen atoms in total. The summed E-state index contributed by atoms with van der Waals surface area (Å²) in [6.45, 7) is 3.27. The van der Waals surface area contributed by atoms with Gasteiger partial charge in [-0.3, -0.25) is 4.90 Å². The van der Waals surface area contributed by atoms with Crippen LogP contribution in [0.4, 0.5) is 0 Å². The number of methoxy groups -OCH3 is 1. The lowest BCUT2D eigenvalue weighted by atomic mass is 10.0. The fourth-order valence-electron chi connectivity index (χ4n) is 3.79. The summed E-state index contributed by atoms with van der Waals surface area (Å²) in [5, 5.41) is 8.90. The van der Waals surface area contributed by atoms with Crippen molar-refractivity contribution in [2.45, 2.75) is 25.8 Å². The van der Waals surface area contributed by atoms with Crippen molar-refractivity contribution in [3.05, 3.63) is 29.3 Å². The molecule has 1 aliphatic heterocycles. The van der Waals surface area contributed by atoms with Gasteiger partial charge >= 0.3 is 0 Å². The van der Waals surface area contributed by atoms with Crippen molar-refractivity contribution >= 4 is 0 Å². The SMILES string of the molecule is COc1ccc(C#CCO)c(CN2CC3CCCC3C2)c1. The van der Waals surface area contributed by atoms with Gasteiger partial charge in [0, 0.05) is 25.2 Å². The maximum Gasteiger partial charge on any atom is 0.119 e. The zero-order valence-corrected chi connectivity index (χ0v) is 12.6. The third kappa shape index (κ3) is 3.23. The number of fused-ring (bicyclic) bond motifs is 1. The van der Waals surface area contributed by atoms with E-state index in [1.165, 1.54) is 37.9 Å². The second-order valence-electron chi connectivity index (χ2n) is 6.13. The Balaban J connectivity index is 1.76. The fourth-order valence-corrected chi connectivity index (χ4v) is 3.79. The first-order valence-corrected chi connectivity index (χ1v) is 7.79. The summed E-state index contributed by atoms with van der Waals surface area (Å²) in [5.74, 6) is 8.49. The average Bonchev–Trinajstić information content (AvgIpc) is 3.07. The maximum absolute atomic E-state index is 8.90. The highest BCUT2D eigenvalue weighted by Crippen LogP contribution is 2.38. The Bertz CT molecular complexity index is 546. The molecule has 2 fully saturated rings. The number of benzene rings is 1. The van der Waals surface area contributed by atoms with Gasteiger partial charge in [-0.1, -0.05) is 18.3 Å². The number of ether oxygens (including phenoxy) is 1. The van der Waals surface area contributed by atoms with Gasteiger partial charge in [0.15, 0.2) is 0 Å². The van der Waals surface area contributed by atoms with Gasteiger partial charge in [-0.2, -0.15) is 0 Å². The number of aliphatic hydroxyl groups excluding tert-OH is 1. The van der Waals surface area contributed by atoms with Gasteiger partial charge in [0.1, 0.15) is 12.4 Å². The van der Waals surface area contributed by atoms with Crippen LogP contribution in [0.5, 0.6) is 5.75 Å². The number of aliphatic hydroxyl groups is 1. The molecule has 0 amide bonds. The van der Waals surface area contributed by atoms with Crippen molar-refractivity contribution in [2.75, 3.05) is 26.8 Å². The number of likely N-dealkylation sites (tertiary alicyclic amines) is 1. The van der Waals surface area contributed by atoms with E-state index < -0.39 is 0 Å². The summed E-state index contributed by atoms with van der Waals surface area (Å²) < 4.78 is 5.34. The van der Waals surface area contributed by atoms with Gasteiger partial charge in [0.2, 0.25) is 0 Å². The van der Waals surface area contributed by atoms with Crippen LogP contribution in [0.25, 0.3) is 0 Å². The highest BCUT2D eigenvalue weighted by Gasteiger charge is 2.35. The van der Waals surface area contributed by atoms with Crippen LogP contribution in [0.1, 0.15) is 30.4 Å². The van der Waals surface area contributed by atoms with E-state index in [0.29, 0.717) is 0 Å². The minimum atomic E-state index is -0.0979. The van der Waals surface area contributed by atoms with Gasteiger partial charge in [-0.15, -0.1) is 0 Å². The van der Waals surface area contributed by atoms with E-state index in [4.69, 9.17) is 9.84 Å². The minimum absolute atomic E-state index is 0.0979. The molecule has 3 rings (SSSR count). The van der Waals surface area contributed by atoms with Crippen molar-refractivity contribution in [3.63, 3.8) is 0 Å². The molecule has 2 atom stereocenters. The van der Waals surface area contributed by atoms with Crippen molar-refractivity contribution < 1.29 is 9.84 Å². The smallest absolute Gasteiger partial charge is 0.119 e. The molecule has 1 aliphatic carbocycles. The molecule has 1 saturated heterocycles. The van der Waals surface area contributed by atoms with Crippen LogP contribution < -0.4 is 4.74 Å². The Morgan fingerprint density at radius 3 is 2.71 bits per heavy atom. The van der Waals surface area contributed by atoms with Crippen LogP contribution in [0, 0.1) is 23.7 Å². The monoisotopic (exact) mass is 285 g/mol. The molecule has 1 aromatic rings. The molecule has 1 aromatic carbocycles. The first kappa shape index (κ1) is 14.4. The third-order valence-corrected chi connectivity index (χ3v) is 4.81. The van der Waals surface area contributed by atoms with Crippen LogP contribution in [-0.4, -0.2) is 36.8 Å². The van der Waals surface area contributed by atoms with Crippen LogP contribution in [0.15, 0.2) is 18.2 Å². The van der Waals surface area contributed by atoms with Crippen molar-refractivity contribution in [3.8, 4) is 17.6 Å². The minimum Gasteiger partial charge on any atom is -0.497 e. The summed E-state index contributed by atoms with van der Waals surface area (Å²) in [7, 11) is 1.69. The quantitative estimate of drug-likeness (QED) is 0.865. The lowest BCUT2D eigenvalue weighted by Gasteiger charge is -2.18. The Morgan fingerprint density at radius 1 is 1.29 bits per heavy atom. The second kappa shape index (κ2) is 6.51. The molecule has 1 N–H and O–H groups in total. The molecule has 2 aliphatic rings. The number of rotatable bonds is 3. The predicted molar refractivity (Wildman–Crippen MR) is 83.1 cm³/mol. The molecule has 112 valence electrons. The molecule has 0 spiro atoms. The standard InChI is InChI=1S/C18H23NO2/c1-21-18-8-7-14(6-3-9-20)17(10-18)13-19-11-15-4-2-5-16(15)12-19/h7-8,10,15-16,20H,2,4-5,9,11-13H2,1H3. The second-order valence-corrected chi connectivity index (χ2v) is 6.13. The molecule has 2 unspecified atom stereocenters. The van der Waals surface area contributed by atoms with Gasteiger partial charge in [-0.25, -0.2) is 0 Å². The van der Waals surface area contributed by atoms with Crippen molar-refractivity contribution in [2.24, 2.45) is 11.8 Å². The van der Waals surface area contributed by atoms with E-state index in [0.717, 1.165) is 29.7 Å². The molecule has 21 heavy (non-hydrogen) atoms. The Labute approximate surface area is 126 Å². The number of nitrogens with zero attached hydrogens (tertiary/aromatic N) is 1. The third-order valence-electron chi connectivity index (χ3n) is 4.81. The first-order valence-electron chi connectivity index (χ1n) is 7.79. The van der Waals surface area contributed by atoms with Gasteiger partial charge in [0.25, 0.3) is 0 Å². The average molecular weight is 285 g/mol. The van der Waals surface area contributed by atoms with Crippen molar-refractivity contribution in [1.29, 1.82) is 0 Å². The molecule has 3 heteroatoms. The highest BCUT2D eigenvalue weighted by atomic mass is 16.5. The Hall–Kier alpha value is -1.50. The zero-order valence-electron chi connectivity index (χ0n) is 12.6. The molecule has 0 radical (unpaired) electrons. The molecule has 1 heterocycles. The van der Waals surface area contributed by atoms with Crippen LogP contribution in [0.3, 0.4) is 0 Å². The lowest BCUT2D eigenvalue weighted by Crippen LogP contribution is -2.21. The maximum atomic E-state index is 8.90. The predicted octanol–water partition coefficient (Wildman–Crippen LogP) is 2.27. The van der Waals surface area contributed by atoms with E-state index in [1.54, 1.807) is 7.11 Å². The Morgan fingerprint density at radius 2 is 2.05 bits per heavy atom. The van der Waals surface area contributed by atoms with Gasteiger partial charge < -0.3 is 9.84 Å². The molecular formula is C18H23NO2. The van der Waals surface area contributed by atoms with Crippen LogP contribution in [-0.2, 0) is 6.54 Å². The fraction of sp³-hybridized carbons (Fsp3) is 0.556. The van der Waals surface area contributed by atoms with Crippen LogP contribution in [0.2, 0.25) is 0 Å². The van der Waals surface area contributed by atoms with E-state index in [2.05, 4.69) is 22.8 Å². The summed E-state index contributed by atoms with van der Waals surface area (Å²) in [5.41, 5.74) is 2.21. The normalized spacial score (nSPS) is 24.5. The van der Waals surface area contributed by atoms with Crippen molar-refractivity contribution in [1.82, 2.24) is 4.90 Å². The molecule has 0 aromatic heterocycles. The number of hydrogen-bond donors (Lipinski definition) is 1. The summed E-state index contributed by atoms with van der Waals surface area (Å²) in [6, 6.07) is 6.01. The lowest BCUT2D eigenvalue weighted by molar-refractivity contribution is 0.302. The highest BCUT2D eigenvalue weighted by molar-refractivity contribution is 5.45. The first-order chi connectivity index (χ1) is 10.3. The van der Waals surface area contributed by atoms with Crippen LogP contribution >= 0.6 is 0 Å². The van der Waals surface area contributed by atoms with E-state index in [1.807, 2.05) is 12.1 Å². The van der Waals surface area contributed by atoms with Gasteiger partial charge in [0.05, 0.1) is 7.11 Å². The summed E-state index contributed by atoms with van der Waals surface area (Å²) in [4.78, 5) is 2.55. The topological polar surface area (TPSA) is 32.7 Å². The van der Waals surface area contributed by atoms with E-state index in [-0.39, 0.29) is 6.61 Å². The zero-order chi connectivity index (χ0) is 14.7. The molecule has 0 bridgehead atoms. The number of hydrogen-bond acceptors (Lipinski definition) is 3. The largest absolute Gasteiger partial charge is 0.497 e. The summed E-state index contributed by atoms with van der Waals surface area (Å²) >= 11 is 0. The van der Waals surface area contributed by atoms with E-state index in [9.17, 15) is 0 Å². The molecule has 1 saturated carbocycles. The van der Waals surface area contributed by atoms with E-state index >= 15 is 0 Å². The Kier molecular flexibility index (Phi) is 4.48.